The van der Waals surface area contributed by atoms with Gasteiger partial charge in [0, 0.05) is 5.56 Å². The predicted molar refractivity (Wildman–Crippen MR) is 84.0 cm³/mol. The summed E-state index contributed by atoms with van der Waals surface area (Å²) in [5.74, 6) is 9.13. The van der Waals surface area contributed by atoms with Gasteiger partial charge in [0.1, 0.15) is 12.4 Å². The molecule has 1 N–H and O–H groups in total. The molecule has 2 nitrogen and oxygen atoms in total. The fraction of sp³-hybridized carbons (Fsp3) is 0.467. The molecule has 0 aliphatic carbocycles. The molecule has 0 aromatic heterocycles. The third-order valence-corrected chi connectivity index (χ3v) is 5.99. The van der Waals surface area contributed by atoms with Crippen LogP contribution in [0.15, 0.2) is 12.1 Å². The summed E-state index contributed by atoms with van der Waals surface area (Å²) in [6.45, 7) is 1.99. The molecule has 1 aromatic rings. The molecule has 102 valence electrons. The summed E-state index contributed by atoms with van der Waals surface area (Å²) in [4.78, 5) is 0. The van der Waals surface area contributed by atoms with E-state index in [2.05, 4.69) is 18.8 Å². The quantitative estimate of drug-likeness (QED) is 0.848. The SMILES string of the molecule is COc1ccc(C#CCO)c(C2SCCCS2)c1C. The third-order valence-electron chi connectivity index (χ3n) is 3.05. The minimum atomic E-state index is -0.102. The fourth-order valence-electron chi connectivity index (χ4n) is 2.13. The molecular weight excluding hydrogens is 276 g/mol. The molecule has 1 heterocycles. The molecule has 4 heteroatoms. The van der Waals surface area contributed by atoms with Crippen molar-refractivity contribution >= 4 is 23.5 Å². The van der Waals surface area contributed by atoms with Crippen LogP contribution in [0.5, 0.6) is 5.75 Å². The van der Waals surface area contributed by atoms with E-state index < -0.39 is 0 Å². The largest absolute Gasteiger partial charge is 0.496 e. The van der Waals surface area contributed by atoms with Crippen LogP contribution in [-0.2, 0) is 0 Å². The summed E-state index contributed by atoms with van der Waals surface area (Å²) in [6, 6.07) is 3.96. The highest BCUT2D eigenvalue weighted by Gasteiger charge is 2.22. The Kier molecular flexibility index (Phi) is 5.50. The maximum atomic E-state index is 8.89. The number of hydrogen-bond acceptors (Lipinski definition) is 4. The molecule has 1 aromatic carbocycles. The van der Waals surface area contributed by atoms with Gasteiger partial charge in [0.2, 0.25) is 0 Å². The molecule has 2 rings (SSSR count). The van der Waals surface area contributed by atoms with Crippen molar-refractivity contribution in [1.29, 1.82) is 0 Å². The first-order valence-electron chi connectivity index (χ1n) is 6.28. The molecule has 0 atom stereocenters. The van der Waals surface area contributed by atoms with Crippen LogP contribution in [0.2, 0.25) is 0 Å². The number of aliphatic hydroxyl groups excluding tert-OH is 1. The number of hydrogen-bond donors (Lipinski definition) is 1. The lowest BCUT2D eigenvalue weighted by molar-refractivity contribution is 0.350. The van der Waals surface area contributed by atoms with Gasteiger partial charge in [0.05, 0.1) is 11.7 Å². The summed E-state index contributed by atoms with van der Waals surface area (Å²) >= 11 is 3.95. The highest BCUT2D eigenvalue weighted by atomic mass is 32.2. The molecule has 1 saturated heterocycles. The van der Waals surface area contributed by atoms with Crippen molar-refractivity contribution in [2.45, 2.75) is 17.9 Å². The summed E-state index contributed by atoms with van der Waals surface area (Å²) in [6.07, 6.45) is 1.27. The molecule has 19 heavy (non-hydrogen) atoms. The smallest absolute Gasteiger partial charge is 0.122 e. The van der Waals surface area contributed by atoms with E-state index in [0.717, 1.165) is 11.3 Å². The Hall–Kier alpha value is -0.760. The standard InChI is InChI=1S/C15H18O2S2/c1-11-13(17-2)7-6-12(5-3-8-16)14(11)15-18-9-4-10-19-15/h6-7,15-16H,4,8-10H2,1-2H3. The van der Waals surface area contributed by atoms with Crippen molar-refractivity contribution in [3.05, 3.63) is 28.8 Å². The zero-order valence-electron chi connectivity index (χ0n) is 11.2. The third kappa shape index (κ3) is 3.42. The van der Waals surface area contributed by atoms with Crippen LogP contribution in [0.1, 0.15) is 27.7 Å². The van der Waals surface area contributed by atoms with Gasteiger partial charge in [0.25, 0.3) is 0 Å². The van der Waals surface area contributed by atoms with Crippen LogP contribution in [0.4, 0.5) is 0 Å². The maximum Gasteiger partial charge on any atom is 0.122 e. The minimum Gasteiger partial charge on any atom is -0.496 e. The van der Waals surface area contributed by atoms with E-state index in [4.69, 9.17) is 9.84 Å². The normalized spacial score (nSPS) is 15.7. The summed E-state index contributed by atoms with van der Waals surface area (Å²) in [5.41, 5.74) is 3.44. The van der Waals surface area contributed by atoms with Crippen LogP contribution in [0, 0.1) is 18.8 Å². The Morgan fingerprint density at radius 3 is 2.74 bits per heavy atom. The van der Waals surface area contributed by atoms with Crippen molar-refractivity contribution in [2.24, 2.45) is 0 Å². The number of ether oxygens (including phenoxy) is 1. The lowest BCUT2D eigenvalue weighted by Gasteiger charge is -2.25. The van der Waals surface area contributed by atoms with E-state index in [1.165, 1.54) is 29.1 Å². The van der Waals surface area contributed by atoms with Gasteiger partial charge in [-0.1, -0.05) is 11.8 Å². The summed E-state index contributed by atoms with van der Waals surface area (Å²) < 4.78 is 5.84. The van der Waals surface area contributed by atoms with Crippen molar-refractivity contribution in [1.82, 2.24) is 0 Å². The van der Waals surface area contributed by atoms with Crippen molar-refractivity contribution in [3.63, 3.8) is 0 Å². The molecule has 0 unspecified atom stereocenters. The van der Waals surface area contributed by atoms with Gasteiger partial charge < -0.3 is 9.84 Å². The zero-order chi connectivity index (χ0) is 13.7. The molecule has 0 radical (unpaired) electrons. The van der Waals surface area contributed by atoms with E-state index in [1.807, 2.05) is 35.7 Å². The number of rotatable bonds is 2. The number of aliphatic hydroxyl groups is 1. The Morgan fingerprint density at radius 2 is 2.11 bits per heavy atom. The van der Waals surface area contributed by atoms with Gasteiger partial charge in [-0.3, -0.25) is 0 Å². The lowest BCUT2D eigenvalue weighted by Crippen LogP contribution is -2.05. The minimum absolute atomic E-state index is 0.102. The zero-order valence-corrected chi connectivity index (χ0v) is 12.9. The van der Waals surface area contributed by atoms with Crippen LogP contribution in [0.3, 0.4) is 0 Å². The molecule has 0 bridgehead atoms. The highest BCUT2D eigenvalue weighted by Crippen LogP contribution is 2.47. The molecule has 1 aliphatic heterocycles. The second-order valence-corrected chi connectivity index (χ2v) is 6.97. The van der Waals surface area contributed by atoms with Gasteiger partial charge in [-0.15, -0.1) is 23.5 Å². The van der Waals surface area contributed by atoms with Gasteiger partial charge in [-0.05, 0) is 48.1 Å². The fourth-order valence-corrected chi connectivity index (χ4v) is 5.27. The Bertz CT molecular complexity index is 497. The van der Waals surface area contributed by atoms with E-state index in [0.29, 0.717) is 4.58 Å². The first-order chi connectivity index (χ1) is 9.27. The highest BCUT2D eigenvalue weighted by molar-refractivity contribution is 8.16. The first kappa shape index (κ1) is 14.6. The Balaban J connectivity index is 2.45. The molecule has 1 aliphatic rings. The van der Waals surface area contributed by atoms with Gasteiger partial charge in [0.15, 0.2) is 0 Å². The maximum absolute atomic E-state index is 8.89. The Morgan fingerprint density at radius 1 is 1.37 bits per heavy atom. The van der Waals surface area contributed by atoms with E-state index in [-0.39, 0.29) is 6.61 Å². The van der Waals surface area contributed by atoms with Crippen molar-refractivity contribution in [2.75, 3.05) is 25.2 Å². The van der Waals surface area contributed by atoms with Crippen LogP contribution in [-0.4, -0.2) is 30.3 Å². The predicted octanol–water partition coefficient (Wildman–Crippen LogP) is 3.22. The van der Waals surface area contributed by atoms with E-state index >= 15 is 0 Å². The monoisotopic (exact) mass is 294 g/mol. The Labute approximate surface area is 123 Å². The van der Waals surface area contributed by atoms with E-state index in [1.54, 1.807) is 7.11 Å². The molecule has 0 saturated carbocycles. The number of thioether (sulfide) groups is 2. The second-order valence-electron chi connectivity index (χ2n) is 4.24. The average molecular weight is 294 g/mol. The van der Waals surface area contributed by atoms with Crippen molar-refractivity contribution in [3.8, 4) is 17.6 Å². The van der Waals surface area contributed by atoms with Crippen LogP contribution >= 0.6 is 23.5 Å². The van der Waals surface area contributed by atoms with Gasteiger partial charge in [-0.25, -0.2) is 0 Å². The van der Waals surface area contributed by atoms with E-state index in [9.17, 15) is 0 Å². The molecular formula is C15H18O2S2. The van der Waals surface area contributed by atoms with Crippen LogP contribution in [0.25, 0.3) is 0 Å². The van der Waals surface area contributed by atoms with Gasteiger partial charge >= 0.3 is 0 Å². The topological polar surface area (TPSA) is 29.5 Å². The lowest BCUT2D eigenvalue weighted by atomic mass is 10.0. The number of methoxy groups -OCH3 is 1. The summed E-state index contributed by atoms with van der Waals surface area (Å²) in [5, 5.41) is 8.89. The molecule has 0 amide bonds. The van der Waals surface area contributed by atoms with Crippen molar-refractivity contribution < 1.29 is 9.84 Å². The molecule has 1 fully saturated rings. The molecule has 0 spiro atoms. The van der Waals surface area contributed by atoms with Crippen LogP contribution < -0.4 is 4.74 Å². The average Bonchev–Trinajstić information content (AvgIpc) is 2.46. The first-order valence-corrected chi connectivity index (χ1v) is 8.38. The summed E-state index contributed by atoms with van der Waals surface area (Å²) in [7, 11) is 1.70. The number of benzene rings is 1. The second kappa shape index (κ2) is 7.14. The van der Waals surface area contributed by atoms with Gasteiger partial charge in [-0.2, -0.15) is 0 Å².